The van der Waals surface area contributed by atoms with E-state index in [1.54, 1.807) is 24.5 Å². The van der Waals surface area contributed by atoms with E-state index in [2.05, 4.69) is 15.2 Å². The Morgan fingerprint density at radius 1 is 1.20 bits per heavy atom. The van der Waals surface area contributed by atoms with Crippen LogP contribution in [0.3, 0.4) is 0 Å². The summed E-state index contributed by atoms with van der Waals surface area (Å²) in [6, 6.07) is 7.82. The molecule has 0 aliphatic carbocycles. The van der Waals surface area contributed by atoms with Crippen molar-refractivity contribution in [1.29, 1.82) is 0 Å². The van der Waals surface area contributed by atoms with E-state index in [1.165, 1.54) is 18.6 Å². The number of nitrogens with one attached hydrogen (secondary N) is 1. The van der Waals surface area contributed by atoms with Crippen LogP contribution in [-0.2, 0) is 11.3 Å². The largest absolute Gasteiger partial charge is 0.350 e. The van der Waals surface area contributed by atoms with Crippen LogP contribution in [0.2, 0.25) is 0 Å². The quantitative estimate of drug-likeness (QED) is 0.907. The molecule has 1 aromatic heterocycles. The molecule has 1 aliphatic heterocycles. The zero-order valence-corrected chi connectivity index (χ0v) is 14.5. The van der Waals surface area contributed by atoms with Crippen molar-refractivity contribution in [3.8, 4) is 0 Å². The van der Waals surface area contributed by atoms with E-state index in [0.29, 0.717) is 6.54 Å². The van der Waals surface area contributed by atoms with Gasteiger partial charge in [0, 0.05) is 18.9 Å². The number of piperidine rings is 1. The Morgan fingerprint density at radius 3 is 2.60 bits per heavy atom. The van der Waals surface area contributed by atoms with Gasteiger partial charge in [0.1, 0.15) is 11.9 Å². The number of hydrogen-bond acceptors (Lipinski definition) is 3. The predicted octanol–water partition coefficient (Wildman–Crippen LogP) is 3.37. The summed E-state index contributed by atoms with van der Waals surface area (Å²) in [5.41, 5.74) is 2.95. The van der Waals surface area contributed by atoms with Crippen LogP contribution in [0, 0.1) is 12.7 Å². The highest BCUT2D eigenvalue weighted by Crippen LogP contribution is 2.25. The third-order valence-corrected chi connectivity index (χ3v) is 4.78. The highest BCUT2D eigenvalue weighted by molar-refractivity contribution is 5.83. The fourth-order valence-electron chi connectivity index (χ4n) is 3.33. The molecule has 0 bridgehead atoms. The Morgan fingerprint density at radius 2 is 1.92 bits per heavy atom. The number of hydrogen-bond donors (Lipinski definition) is 1. The zero-order chi connectivity index (χ0) is 17.6. The molecule has 1 aromatic carbocycles. The molecular weight excluding hydrogens is 317 g/mol. The second-order valence-corrected chi connectivity index (χ2v) is 6.57. The summed E-state index contributed by atoms with van der Waals surface area (Å²) in [6.07, 6.45) is 6.91. The van der Waals surface area contributed by atoms with Crippen molar-refractivity contribution < 1.29 is 9.18 Å². The van der Waals surface area contributed by atoms with E-state index in [4.69, 9.17) is 0 Å². The van der Waals surface area contributed by atoms with Gasteiger partial charge < -0.3 is 5.32 Å². The lowest BCUT2D eigenvalue weighted by molar-refractivity contribution is -0.127. The number of aryl methyl sites for hydroxylation is 1. The SMILES string of the molecule is Cc1cnccc1CNC(=O)C(c1ccc(F)cc1)N1CCCCC1. The minimum Gasteiger partial charge on any atom is -0.350 e. The predicted molar refractivity (Wildman–Crippen MR) is 95.4 cm³/mol. The van der Waals surface area contributed by atoms with Crippen LogP contribution < -0.4 is 5.32 Å². The number of pyridine rings is 1. The normalized spacial score (nSPS) is 16.4. The van der Waals surface area contributed by atoms with Crippen LogP contribution in [0.15, 0.2) is 42.7 Å². The van der Waals surface area contributed by atoms with E-state index in [-0.39, 0.29) is 17.8 Å². The summed E-state index contributed by atoms with van der Waals surface area (Å²) in [5.74, 6) is -0.321. The standard InChI is InChI=1S/C20H24FN3O/c1-15-13-22-10-9-17(15)14-23-20(25)19(24-11-3-2-4-12-24)16-5-7-18(21)8-6-16/h5-10,13,19H,2-4,11-12,14H2,1H3,(H,23,25). The third kappa shape index (κ3) is 4.42. The molecule has 1 fully saturated rings. The van der Waals surface area contributed by atoms with Crippen LogP contribution >= 0.6 is 0 Å². The first-order chi connectivity index (χ1) is 12.1. The molecule has 1 amide bonds. The first-order valence-electron chi connectivity index (χ1n) is 8.82. The van der Waals surface area contributed by atoms with Gasteiger partial charge in [0.15, 0.2) is 0 Å². The minimum atomic E-state index is -0.372. The first-order valence-corrected chi connectivity index (χ1v) is 8.82. The van der Waals surface area contributed by atoms with Crippen LogP contribution in [0.4, 0.5) is 4.39 Å². The number of carbonyl (C=O) groups is 1. The maximum atomic E-state index is 13.3. The van der Waals surface area contributed by atoms with E-state index in [1.807, 2.05) is 13.0 Å². The van der Waals surface area contributed by atoms with Crippen LogP contribution in [0.25, 0.3) is 0 Å². The van der Waals surface area contributed by atoms with Gasteiger partial charge in [-0.05, 0) is 67.7 Å². The van der Waals surface area contributed by atoms with Gasteiger partial charge in [0.2, 0.25) is 5.91 Å². The van der Waals surface area contributed by atoms with Crippen LogP contribution in [-0.4, -0.2) is 28.9 Å². The van der Waals surface area contributed by atoms with Crippen LogP contribution in [0.5, 0.6) is 0 Å². The van der Waals surface area contributed by atoms with Gasteiger partial charge in [0.25, 0.3) is 0 Å². The molecule has 4 nitrogen and oxygen atoms in total. The van der Waals surface area contributed by atoms with Crippen molar-refractivity contribution in [2.24, 2.45) is 0 Å². The monoisotopic (exact) mass is 341 g/mol. The average molecular weight is 341 g/mol. The fraction of sp³-hybridized carbons (Fsp3) is 0.400. The lowest BCUT2D eigenvalue weighted by atomic mass is 10.0. The maximum Gasteiger partial charge on any atom is 0.242 e. The second-order valence-electron chi connectivity index (χ2n) is 6.57. The van der Waals surface area contributed by atoms with E-state index >= 15 is 0 Å². The molecule has 1 N–H and O–H groups in total. The highest BCUT2D eigenvalue weighted by atomic mass is 19.1. The Kier molecular flexibility index (Phi) is 5.76. The maximum absolute atomic E-state index is 13.3. The number of likely N-dealkylation sites (tertiary alicyclic amines) is 1. The Balaban J connectivity index is 1.77. The molecule has 1 unspecified atom stereocenters. The number of amides is 1. The van der Waals surface area contributed by atoms with E-state index in [9.17, 15) is 9.18 Å². The molecule has 1 saturated heterocycles. The molecule has 1 atom stereocenters. The lowest BCUT2D eigenvalue weighted by Crippen LogP contribution is -2.42. The number of aromatic nitrogens is 1. The summed E-state index contributed by atoms with van der Waals surface area (Å²) < 4.78 is 13.3. The lowest BCUT2D eigenvalue weighted by Gasteiger charge is -2.34. The molecule has 1 aliphatic rings. The van der Waals surface area contributed by atoms with Gasteiger partial charge in [-0.15, -0.1) is 0 Å². The summed E-state index contributed by atoms with van der Waals surface area (Å²) in [7, 11) is 0. The first kappa shape index (κ1) is 17.5. The Labute approximate surface area is 148 Å². The van der Waals surface area contributed by atoms with Gasteiger partial charge in [-0.2, -0.15) is 0 Å². The smallest absolute Gasteiger partial charge is 0.242 e. The number of carbonyl (C=O) groups excluding carboxylic acids is 1. The minimum absolute atomic E-state index is 0.0373. The molecule has 2 heterocycles. The summed E-state index contributed by atoms with van der Waals surface area (Å²) >= 11 is 0. The third-order valence-electron chi connectivity index (χ3n) is 4.78. The van der Waals surface area contributed by atoms with Crippen LogP contribution in [0.1, 0.15) is 42.0 Å². The highest BCUT2D eigenvalue weighted by Gasteiger charge is 2.28. The molecule has 0 saturated carbocycles. The van der Waals surface area contributed by atoms with Gasteiger partial charge in [-0.25, -0.2) is 4.39 Å². The molecule has 132 valence electrons. The zero-order valence-electron chi connectivity index (χ0n) is 14.5. The molecule has 0 spiro atoms. The summed E-state index contributed by atoms with van der Waals surface area (Å²) in [6.45, 7) is 4.24. The van der Waals surface area contributed by atoms with Crippen molar-refractivity contribution in [3.63, 3.8) is 0 Å². The molecule has 0 radical (unpaired) electrons. The molecule has 25 heavy (non-hydrogen) atoms. The molecular formula is C20H24FN3O. The van der Waals surface area contributed by atoms with Gasteiger partial charge in [-0.1, -0.05) is 18.6 Å². The topological polar surface area (TPSA) is 45.2 Å². The van der Waals surface area contributed by atoms with Crippen molar-refractivity contribution in [2.45, 2.75) is 38.8 Å². The fourth-order valence-corrected chi connectivity index (χ4v) is 3.33. The van der Waals surface area contributed by atoms with E-state index in [0.717, 1.165) is 42.6 Å². The summed E-state index contributed by atoms with van der Waals surface area (Å²) in [4.78, 5) is 19.2. The summed E-state index contributed by atoms with van der Waals surface area (Å²) in [5, 5.41) is 3.05. The van der Waals surface area contributed by atoms with Crippen molar-refractivity contribution in [1.82, 2.24) is 15.2 Å². The Bertz CT molecular complexity index is 711. The van der Waals surface area contributed by atoms with Gasteiger partial charge in [-0.3, -0.25) is 14.7 Å². The molecule has 2 aromatic rings. The molecule has 5 heteroatoms. The van der Waals surface area contributed by atoms with Gasteiger partial charge >= 0.3 is 0 Å². The van der Waals surface area contributed by atoms with Gasteiger partial charge in [0.05, 0.1) is 0 Å². The molecule has 3 rings (SSSR count). The van der Waals surface area contributed by atoms with Crippen molar-refractivity contribution >= 4 is 5.91 Å². The second kappa shape index (κ2) is 8.21. The van der Waals surface area contributed by atoms with Crippen molar-refractivity contribution in [2.75, 3.05) is 13.1 Å². The average Bonchev–Trinajstić information content (AvgIpc) is 2.64. The number of nitrogens with zero attached hydrogens (tertiary/aromatic N) is 2. The Hall–Kier alpha value is -2.27. The van der Waals surface area contributed by atoms with Crippen molar-refractivity contribution in [3.05, 3.63) is 65.2 Å². The number of halogens is 1. The number of rotatable bonds is 5. The van der Waals surface area contributed by atoms with E-state index < -0.39 is 0 Å². The number of benzene rings is 1.